The lowest BCUT2D eigenvalue weighted by Crippen LogP contribution is -1.95. The second-order valence-corrected chi connectivity index (χ2v) is 10.9. The average molecular weight is 462 g/mol. The molecule has 0 fully saturated rings. The fourth-order valence-electron chi connectivity index (χ4n) is 3.01. The molecule has 0 amide bonds. The molecule has 4 heteroatoms. The highest BCUT2D eigenvalue weighted by Gasteiger charge is 2.18. The Morgan fingerprint density at radius 1 is 0.677 bits per heavy atom. The molecule has 1 nitrogen and oxygen atoms in total. The van der Waals surface area contributed by atoms with Crippen molar-refractivity contribution in [2.45, 2.75) is 38.0 Å². The van der Waals surface area contributed by atoms with Crippen LogP contribution in [0.5, 0.6) is 5.75 Å². The van der Waals surface area contributed by atoms with Crippen molar-refractivity contribution < 1.29 is 4.74 Å². The van der Waals surface area contributed by atoms with Gasteiger partial charge in [-0.3, -0.25) is 0 Å². The van der Waals surface area contributed by atoms with Crippen molar-refractivity contribution in [3.8, 4) is 16.9 Å². The van der Waals surface area contributed by atoms with Crippen LogP contribution in [-0.2, 0) is 0 Å². The van der Waals surface area contributed by atoms with Gasteiger partial charge in [-0.25, -0.2) is 0 Å². The molecule has 1 heterocycles. The molecule has 0 aliphatic carbocycles. The number of ether oxygens (including phenoxy) is 1. The lowest BCUT2D eigenvalue weighted by Gasteiger charge is -2.07. The van der Waals surface area contributed by atoms with Gasteiger partial charge < -0.3 is 4.74 Å². The quantitative estimate of drug-likeness (QED) is 0.182. The summed E-state index contributed by atoms with van der Waals surface area (Å²) in [7, 11) is 0. The molecular formula is C27H25OS3+. The van der Waals surface area contributed by atoms with Crippen LogP contribution < -0.4 is 4.74 Å². The first-order valence-electron chi connectivity index (χ1n) is 10.5. The molecule has 0 aliphatic rings. The molecular weight excluding hydrogens is 436 g/mol. The molecule has 4 rings (SSSR count). The van der Waals surface area contributed by atoms with Crippen LogP contribution in [0.3, 0.4) is 0 Å². The van der Waals surface area contributed by atoms with Gasteiger partial charge in [-0.05, 0) is 77.5 Å². The number of hydrogen-bond donors (Lipinski definition) is 0. The van der Waals surface area contributed by atoms with Crippen molar-refractivity contribution in [2.24, 2.45) is 0 Å². The molecule has 0 bridgehead atoms. The normalized spacial score (nSPS) is 10.7. The van der Waals surface area contributed by atoms with Crippen molar-refractivity contribution in [1.82, 2.24) is 0 Å². The lowest BCUT2D eigenvalue weighted by atomic mass is 10.1. The Balaban J connectivity index is 1.62. The fraction of sp³-hybridized carbons (Fsp3) is 0.148. The Kier molecular flexibility index (Phi) is 8.05. The smallest absolute Gasteiger partial charge is 0.271 e. The highest BCUT2D eigenvalue weighted by Crippen LogP contribution is 2.41. The summed E-state index contributed by atoms with van der Waals surface area (Å²) in [5, 5.41) is 0. The summed E-state index contributed by atoms with van der Waals surface area (Å²) in [6.07, 6.45) is 2.23. The first-order chi connectivity index (χ1) is 15.3. The van der Waals surface area contributed by atoms with Gasteiger partial charge in [0.2, 0.25) is 11.3 Å². The predicted molar refractivity (Wildman–Crippen MR) is 136 cm³/mol. The van der Waals surface area contributed by atoms with Gasteiger partial charge >= 0.3 is 0 Å². The molecule has 156 valence electrons. The van der Waals surface area contributed by atoms with E-state index < -0.39 is 0 Å². The minimum Gasteiger partial charge on any atom is -0.494 e. The maximum Gasteiger partial charge on any atom is 0.271 e. The van der Waals surface area contributed by atoms with Crippen molar-refractivity contribution in [2.75, 3.05) is 6.61 Å². The molecule has 3 aromatic carbocycles. The summed E-state index contributed by atoms with van der Waals surface area (Å²) in [6, 6.07) is 34.2. The Labute approximate surface area is 197 Å². The molecule has 31 heavy (non-hydrogen) atoms. The van der Waals surface area contributed by atoms with Gasteiger partial charge in [0.15, 0.2) is 0 Å². The highest BCUT2D eigenvalue weighted by atomic mass is 32.2. The van der Waals surface area contributed by atoms with E-state index in [1.807, 2.05) is 34.9 Å². The van der Waals surface area contributed by atoms with Crippen molar-refractivity contribution in [3.05, 3.63) is 97.1 Å². The summed E-state index contributed by atoms with van der Waals surface area (Å²) in [6.45, 7) is 2.96. The molecule has 1 aromatic heterocycles. The third kappa shape index (κ3) is 6.60. The van der Waals surface area contributed by atoms with E-state index in [0.717, 1.165) is 25.2 Å². The molecule has 0 spiro atoms. The SMILES string of the molecule is CCCCOc1ccc(-c2cc(Sc3ccccc3)[s+]c(Sc3ccccc3)c2)cc1. The standard InChI is InChI=1S/C27H25OS3/c1-2-3-18-28-23-16-14-21(15-17-23)22-19-26(29-24-10-6-4-7-11-24)31-27(20-22)30-25-12-8-5-9-13-25/h4-17,19-20H,2-3,18H2,1H3/q+1. The second kappa shape index (κ2) is 11.4. The van der Waals surface area contributed by atoms with E-state index >= 15 is 0 Å². The molecule has 0 atom stereocenters. The second-order valence-electron chi connectivity index (χ2n) is 7.04. The van der Waals surface area contributed by atoms with Crippen LogP contribution in [0.1, 0.15) is 19.8 Å². The van der Waals surface area contributed by atoms with Gasteiger partial charge in [0.25, 0.3) is 8.42 Å². The van der Waals surface area contributed by atoms with Gasteiger partial charge in [0.1, 0.15) is 5.75 Å². The van der Waals surface area contributed by atoms with E-state index in [-0.39, 0.29) is 0 Å². The maximum atomic E-state index is 5.84. The molecule has 0 aliphatic heterocycles. The van der Waals surface area contributed by atoms with E-state index in [0.29, 0.717) is 0 Å². The van der Waals surface area contributed by atoms with Crippen molar-refractivity contribution in [1.29, 1.82) is 0 Å². The molecule has 0 radical (unpaired) electrons. The minimum atomic E-state index is 0.776. The molecule has 0 N–H and O–H groups in total. The third-order valence-electron chi connectivity index (χ3n) is 4.63. The first-order valence-corrected chi connectivity index (χ1v) is 12.9. The molecule has 0 saturated carbocycles. The average Bonchev–Trinajstić information content (AvgIpc) is 2.81. The van der Waals surface area contributed by atoms with E-state index in [1.165, 1.54) is 29.3 Å². The van der Waals surface area contributed by atoms with Crippen molar-refractivity contribution in [3.63, 3.8) is 0 Å². The lowest BCUT2D eigenvalue weighted by molar-refractivity contribution is 0.309. The zero-order valence-electron chi connectivity index (χ0n) is 17.5. The zero-order chi connectivity index (χ0) is 21.3. The van der Waals surface area contributed by atoms with Crippen LogP contribution >= 0.6 is 34.9 Å². The Morgan fingerprint density at radius 2 is 1.23 bits per heavy atom. The van der Waals surface area contributed by atoms with Crippen LogP contribution in [-0.4, -0.2) is 6.61 Å². The molecule has 4 aromatic rings. The fourth-order valence-corrected chi connectivity index (χ4v) is 6.61. The zero-order valence-corrected chi connectivity index (χ0v) is 19.9. The van der Waals surface area contributed by atoms with Crippen LogP contribution in [0.25, 0.3) is 11.1 Å². The largest absolute Gasteiger partial charge is 0.494 e. The molecule has 0 unspecified atom stereocenters. The monoisotopic (exact) mass is 461 g/mol. The number of rotatable bonds is 9. The topological polar surface area (TPSA) is 9.23 Å². The van der Waals surface area contributed by atoms with Crippen LogP contribution in [0.15, 0.2) is 115 Å². The van der Waals surface area contributed by atoms with Gasteiger partial charge in [-0.1, -0.05) is 61.9 Å². The predicted octanol–water partition coefficient (Wildman–Crippen LogP) is 9.18. The van der Waals surface area contributed by atoms with Gasteiger partial charge in [-0.2, -0.15) is 0 Å². The number of hydrogen-bond acceptors (Lipinski definition) is 3. The van der Waals surface area contributed by atoms with Crippen LogP contribution in [0.2, 0.25) is 0 Å². The summed E-state index contributed by atoms with van der Waals surface area (Å²) >= 11 is 5.48. The number of benzene rings is 3. The Hall–Kier alpha value is -2.27. The van der Waals surface area contributed by atoms with E-state index in [4.69, 9.17) is 4.74 Å². The summed E-state index contributed by atoms with van der Waals surface area (Å²) in [5.74, 6) is 0.939. The minimum absolute atomic E-state index is 0.776. The Bertz CT molecular complexity index is 1020. The van der Waals surface area contributed by atoms with E-state index in [9.17, 15) is 0 Å². The van der Waals surface area contributed by atoms with Gasteiger partial charge in [0, 0.05) is 21.9 Å². The van der Waals surface area contributed by atoms with Gasteiger partial charge in [0.05, 0.1) is 6.61 Å². The maximum absolute atomic E-state index is 5.84. The Morgan fingerprint density at radius 3 is 1.74 bits per heavy atom. The molecule has 0 saturated heterocycles. The van der Waals surface area contributed by atoms with Gasteiger partial charge in [-0.15, -0.1) is 0 Å². The summed E-state index contributed by atoms with van der Waals surface area (Å²) in [5.41, 5.74) is 2.44. The summed E-state index contributed by atoms with van der Waals surface area (Å²) in [4.78, 5) is 2.51. The summed E-state index contributed by atoms with van der Waals surface area (Å²) < 4.78 is 8.40. The van der Waals surface area contributed by atoms with Crippen molar-refractivity contribution >= 4 is 34.9 Å². The highest BCUT2D eigenvalue weighted by molar-refractivity contribution is 8.03. The first kappa shape index (κ1) is 21.9. The third-order valence-corrected chi connectivity index (χ3v) is 7.92. The van der Waals surface area contributed by atoms with E-state index in [1.54, 1.807) is 0 Å². The van der Waals surface area contributed by atoms with E-state index in [2.05, 4.69) is 104 Å². The van der Waals surface area contributed by atoms with Crippen LogP contribution in [0, 0.1) is 0 Å². The van der Waals surface area contributed by atoms with Crippen LogP contribution in [0.4, 0.5) is 0 Å². The number of unbranched alkanes of at least 4 members (excludes halogenated alkanes) is 1.